The van der Waals surface area contributed by atoms with Gasteiger partial charge >= 0.3 is 0 Å². The lowest BCUT2D eigenvalue weighted by molar-refractivity contribution is 0.670. The lowest BCUT2D eigenvalue weighted by atomic mass is 9.90. The monoisotopic (exact) mass is 1020 g/mol. The van der Waals surface area contributed by atoms with E-state index in [4.69, 9.17) is 8.83 Å². The highest BCUT2D eigenvalue weighted by molar-refractivity contribution is 6.29. The highest BCUT2D eigenvalue weighted by atomic mass is 16.3. The first-order chi connectivity index (χ1) is 39.3. The predicted molar refractivity (Wildman–Crippen MR) is 339 cm³/mol. The molecule has 0 aliphatic heterocycles. The van der Waals surface area contributed by atoms with Crippen molar-refractivity contribution in [2.24, 2.45) is 0 Å². The molecule has 378 valence electrons. The second-order valence-corrected chi connectivity index (χ2v) is 21.7. The summed E-state index contributed by atoms with van der Waals surface area (Å²) >= 11 is 0. The van der Waals surface area contributed by atoms with Gasteiger partial charge in [0, 0.05) is 54.8 Å². The Kier molecular flexibility index (Phi) is 10.2. The van der Waals surface area contributed by atoms with Crippen LogP contribution in [-0.2, 0) is 0 Å². The van der Waals surface area contributed by atoms with Crippen molar-refractivity contribution in [3.05, 3.63) is 265 Å². The summed E-state index contributed by atoms with van der Waals surface area (Å²) in [6.45, 7) is 9.04. The zero-order chi connectivity index (χ0) is 53.3. The minimum atomic E-state index is 0.900. The van der Waals surface area contributed by atoms with Crippen LogP contribution in [0, 0.1) is 27.7 Å². The third-order valence-corrected chi connectivity index (χ3v) is 16.9. The highest BCUT2D eigenvalue weighted by Gasteiger charge is 2.27. The molecule has 0 amide bonds. The Labute approximate surface area is 462 Å². The minimum absolute atomic E-state index is 0.900. The lowest BCUT2D eigenvalue weighted by Crippen LogP contribution is -2.14. The first kappa shape index (κ1) is 46.0. The molecule has 16 aromatic rings. The van der Waals surface area contributed by atoms with Crippen LogP contribution in [-0.4, -0.2) is 0 Å². The summed E-state index contributed by atoms with van der Waals surface area (Å²) in [7, 11) is 0. The van der Waals surface area contributed by atoms with Gasteiger partial charge in [0.1, 0.15) is 22.3 Å². The van der Waals surface area contributed by atoms with Crippen molar-refractivity contribution in [1.29, 1.82) is 0 Å². The third-order valence-electron chi connectivity index (χ3n) is 16.9. The molecular weight excluding hydrogens is 973 g/mol. The fraction of sp³-hybridized carbons (Fsp3) is 0.0526. The molecule has 80 heavy (non-hydrogen) atoms. The van der Waals surface area contributed by atoms with Gasteiger partial charge < -0.3 is 18.6 Å². The van der Waals surface area contributed by atoms with Gasteiger partial charge in [0.15, 0.2) is 0 Å². The van der Waals surface area contributed by atoms with Crippen LogP contribution in [0.3, 0.4) is 0 Å². The number of para-hydroxylation sites is 4. The Morgan fingerprint density at radius 3 is 1.04 bits per heavy atom. The van der Waals surface area contributed by atoms with Gasteiger partial charge in [-0.3, -0.25) is 0 Å². The van der Waals surface area contributed by atoms with E-state index in [1.165, 1.54) is 76.1 Å². The summed E-state index contributed by atoms with van der Waals surface area (Å²) in [5, 5.41) is 16.7. The van der Waals surface area contributed by atoms with Gasteiger partial charge in [0.2, 0.25) is 0 Å². The van der Waals surface area contributed by atoms with Crippen LogP contribution in [0.2, 0.25) is 0 Å². The smallest absolute Gasteiger partial charge is 0.143 e. The molecule has 2 aromatic heterocycles. The van der Waals surface area contributed by atoms with Crippen LogP contribution in [0.15, 0.2) is 251 Å². The average molecular weight is 1030 g/mol. The SMILES string of the molecule is Cc1cc(-c2cc3ccccc3c3c2oc2ccccc23)cc(C)c1N(c1ccccc1)c1ccc2ccc3c(N(c4ccccc4)c4c(C)cc(-c5cc6ccccc6c6c5oc5ccccc56)cc4C)ccc4ccc1c2c43. The van der Waals surface area contributed by atoms with E-state index in [1.54, 1.807) is 0 Å². The van der Waals surface area contributed by atoms with Crippen molar-refractivity contribution in [3.63, 3.8) is 0 Å². The number of rotatable bonds is 8. The van der Waals surface area contributed by atoms with Crippen molar-refractivity contribution >= 4 is 132 Å². The first-order valence-electron chi connectivity index (χ1n) is 27.6. The summed E-state index contributed by atoms with van der Waals surface area (Å²) in [5.41, 5.74) is 19.6. The molecule has 16 rings (SSSR count). The molecule has 0 radical (unpaired) electrons. The quantitative estimate of drug-likeness (QED) is 0.142. The maximum atomic E-state index is 6.77. The van der Waals surface area contributed by atoms with Crippen LogP contribution < -0.4 is 9.80 Å². The molecule has 4 heteroatoms. The van der Waals surface area contributed by atoms with Crippen molar-refractivity contribution in [2.45, 2.75) is 27.7 Å². The largest absolute Gasteiger partial charge is 0.455 e. The molecule has 0 spiro atoms. The summed E-state index contributed by atoms with van der Waals surface area (Å²) < 4.78 is 13.5. The van der Waals surface area contributed by atoms with E-state index in [1.807, 2.05) is 0 Å². The molecule has 0 N–H and O–H groups in total. The second kappa shape index (κ2) is 17.7. The summed E-state index contributed by atoms with van der Waals surface area (Å²) in [5.74, 6) is 0. The molecule has 0 saturated heterocycles. The topological polar surface area (TPSA) is 32.8 Å². The normalized spacial score (nSPS) is 12.0. The van der Waals surface area contributed by atoms with E-state index in [2.05, 4.69) is 280 Å². The van der Waals surface area contributed by atoms with Crippen LogP contribution in [0.4, 0.5) is 34.1 Å². The van der Waals surface area contributed by atoms with E-state index >= 15 is 0 Å². The number of hydrogen-bond acceptors (Lipinski definition) is 4. The van der Waals surface area contributed by atoms with Crippen LogP contribution >= 0.6 is 0 Å². The fourth-order valence-corrected chi connectivity index (χ4v) is 13.6. The molecular formula is C76H52N2O2. The molecule has 0 unspecified atom stereocenters. The number of furan rings is 2. The molecule has 14 aromatic carbocycles. The standard InChI is InChI=1S/C76H52N2O2/c1-45-39-53(63-43-51-19-11-13-25-57(51)71-61-27-15-17-29-67(61)79-75(63)71)40-46(2)73(45)77(55-21-7-5-8-22-55)65-37-33-49-32-36-60-66(38-34-50-31-35-59(65)69(49)70(50)60)78(56-23-9-6-10-24-56)74-47(3)41-54(42-48(74)4)64-44-52-20-12-14-26-58(52)72-62-28-16-18-30-68(62)80-76(64)72/h5-44H,1-4H3. The molecule has 0 aliphatic carbocycles. The van der Waals surface area contributed by atoms with Gasteiger partial charge in [-0.05, 0) is 189 Å². The van der Waals surface area contributed by atoms with Gasteiger partial charge in [-0.2, -0.15) is 0 Å². The number of nitrogens with zero attached hydrogens (tertiary/aromatic N) is 2. The van der Waals surface area contributed by atoms with Crippen molar-refractivity contribution < 1.29 is 8.83 Å². The van der Waals surface area contributed by atoms with E-state index < -0.39 is 0 Å². The van der Waals surface area contributed by atoms with E-state index in [0.29, 0.717) is 0 Å². The number of benzene rings is 14. The Morgan fingerprint density at radius 1 is 0.275 bits per heavy atom. The molecule has 4 nitrogen and oxygen atoms in total. The lowest BCUT2D eigenvalue weighted by Gasteiger charge is -2.32. The summed E-state index contributed by atoms with van der Waals surface area (Å²) in [4.78, 5) is 4.97. The predicted octanol–water partition coefficient (Wildman–Crippen LogP) is 22.2. The zero-order valence-corrected chi connectivity index (χ0v) is 44.8. The molecule has 0 bridgehead atoms. The number of hydrogen-bond donors (Lipinski definition) is 0. The van der Waals surface area contributed by atoms with Crippen LogP contribution in [0.1, 0.15) is 22.3 Å². The number of anilines is 6. The minimum Gasteiger partial charge on any atom is -0.455 e. The highest BCUT2D eigenvalue weighted by Crippen LogP contribution is 2.51. The molecule has 0 atom stereocenters. The Hall–Kier alpha value is -10.2. The maximum Gasteiger partial charge on any atom is 0.143 e. The van der Waals surface area contributed by atoms with Gasteiger partial charge in [-0.25, -0.2) is 0 Å². The van der Waals surface area contributed by atoms with Crippen LogP contribution in [0.5, 0.6) is 0 Å². The van der Waals surface area contributed by atoms with Gasteiger partial charge in [-0.15, -0.1) is 0 Å². The molecule has 0 aliphatic rings. The van der Waals surface area contributed by atoms with Crippen molar-refractivity contribution in [2.75, 3.05) is 9.80 Å². The second-order valence-electron chi connectivity index (χ2n) is 21.7. The molecule has 0 fully saturated rings. The fourth-order valence-electron chi connectivity index (χ4n) is 13.6. The Balaban J connectivity index is 0.869. The van der Waals surface area contributed by atoms with E-state index in [-0.39, 0.29) is 0 Å². The van der Waals surface area contributed by atoms with E-state index in [9.17, 15) is 0 Å². The van der Waals surface area contributed by atoms with Gasteiger partial charge in [0.25, 0.3) is 0 Å². The van der Waals surface area contributed by atoms with Crippen LogP contribution in [0.25, 0.3) is 120 Å². The Morgan fingerprint density at radius 2 is 0.625 bits per heavy atom. The summed E-state index contributed by atoms with van der Waals surface area (Å²) in [6, 6.07) is 88.5. The zero-order valence-electron chi connectivity index (χ0n) is 44.8. The molecule has 0 saturated carbocycles. The van der Waals surface area contributed by atoms with Gasteiger partial charge in [-0.1, -0.05) is 158 Å². The van der Waals surface area contributed by atoms with Crippen molar-refractivity contribution in [1.82, 2.24) is 0 Å². The van der Waals surface area contributed by atoms with Crippen molar-refractivity contribution in [3.8, 4) is 22.3 Å². The van der Waals surface area contributed by atoms with Gasteiger partial charge in [0.05, 0.1) is 22.7 Å². The Bertz CT molecular complexity index is 4810. The number of aryl methyl sites for hydroxylation is 4. The number of fused-ring (bicyclic) bond motifs is 10. The third kappa shape index (κ3) is 6.88. The first-order valence-corrected chi connectivity index (χ1v) is 27.6. The molecule has 2 heterocycles. The van der Waals surface area contributed by atoms with E-state index in [0.717, 1.165) is 100 Å². The maximum absolute atomic E-state index is 6.77. The average Bonchev–Trinajstić information content (AvgIpc) is 4.22. The summed E-state index contributed by atoms with van der Waals surface area (Å²) in [6.07, 6.45) is 0.